The molecule has 98 valence electrons. The molecule has 1 atom stereocenters. The smallest absolute Gasteiger partial charge is 0.138 e. The lowest BCUT2D eigenvalue weighted by atomic mass is 10.1. The Morgan fingerprint density at radius 1 is 1.50 bits per heavy atom. The average molecular weight is 249 g/mol. The van der Waals surface area contributed by atoms with Gasteiger partial charge in [-0.1, -0.05) is 0 Å². The molecule has 0 saturated heterocycles. The Morgan fingerprint density at radius 2 is 2.28 bits per heavy atom. The number of nitrogens with two attached hydrogens (primary N) is 1. The molecule has 2 aromatic rings. The van der Waals surface area contributed by atoms with E-state index in [1.807, 2.05) is 17.7 Å². The first-order chi connectivity index (χ1) is 8.63. The highest BCUT2D eigenvalue weighted by atomic mass is 16.3. The predicted octanol–water partition coefficient (Wildman–Crippen LogP) is 1.51. The van der Waals surface area contributed by atoms with Gasteiger partial charge in [-0.25, -0.2) is 9.67 Å². The van der Waals surface area contributed by atoms with Crippen LogP contribution < -0.4 is 11.3 Å². The fourth-order valence-electron chi connectivity index (χ4n) is 2.05. The van der Waals surface area contributed by atoms with Gasteiger partial charge in [0.15, 0.2) is 0 Å². The lowest BCUT2D eigenvalue weighted by Gasteiger charge is -2.16. The van der Waals surface area contributed by atoms with E-state index in [4.69, 9.17) is 10.3 Å². The Labute approximate surface area is 106 Å². The second kappa shape index (κ2) is 5.32. The average Bonchev–Trinajstić information content (AvgIpc) is 2.94. The number of rotatable bonds is 5. The van der Waals surface area contributed by atoms with Gasteiger partial charge in [0.25, 0.3) is 0 Å². The molecule has 0 aliphatic carbocycles. The maximum atomic E-state index is 5.63. The van der Waals surface area contributed by atoms with Crippen molar-refractivity contribution >= 4 is 0 Å². The Hall–Kier alpha value is -1.66. The van der Waals surface area contributed by atoms with Gasteiger partial charge >= 0.3 is 0 Å². The summed E-state index contributed by atoms with van der Waals surface area (Å²) in [6.45, 7) is 6.07. The van der Waals surface area contributed by atoms with E-state index in [9.17, 15) is 0 Å². The van der Waals surface area contributed by atoms with Crippen molar-refractivity contribution in [3.63, 3.8) is 0 Å². The van der Waals surface area contributed by atoms with Gasteiger partial charge in [-0.2, -0.15) is 5.10 Å². The zero-order valence-corrected chi connectivity index (χ0v) is 10.9. The summed E-state index contributed by atoms with van der Waals surface area (Å²) in [5, 5.41) is 4.22. The van der Waals surface area contributed by atoms with E-state index in [1.54, 1.807) is 12.6 Å². The molecule has 2 aromatic heterocycles. The number of nitrogens with one attached hydrogen (secondary N) is 1. The first kappa shape index (κ1) is 12.8. The molecule has 18 heavy (non-hydrogen) atoms. The van der Waals surface area contributed by atoms with E-state index in [0.717, 1.165) is 17.1 Å². The molecule has 2 heterocycles. The minimum absolute atomic E-state index is 0.0227. The highest BCUT2D eigenvalue weighted by Crippen LogP contribution is 2.21. The van der Waals surface area contributed by atoms with Gasteiger partial charge < -0.3 is 4.42 Å². The molecule has 0 aliphatic rings. The molecule has 6 heteroatoms. The van der Waals surface area contributed by atoms with Crippen molar-refractivity contribution in [3.8, 4) is 0 Å². The zero-order chi connectivity index (χ0) is 13.1. The summed E-state index contributed by atoms with van der Waals surface area (Å²) in [5.74, 6) is 7.41. The van der Waals surface area contributed by atoms with Gasteiger partial charge in [-0.3, -0.25) is 11.3 Å². The van der Waals surface area contributed by atoms with Crippen LogP contribution in [0.4, 0.5) is 0 Å². The molecule has 0 saturated carbocycles. The van der Waals surface area contributed by atoms with Gasteiger partial charge in [-0.15, -0.1) is 0 Å². The Bertz CT molecular complexity index is 502. The van der Waals surface area contributed by atoms with Crippen molar-refractivity contribution in [3.05, 3.63) is 35.8 Å². The Kier molecular flexibility index (Phi) is 3.78. The van der Waals surface area contributed by atoms with Crippen LogP contribution in [0.15, 0.2) is 23.1 Å². The Morgan fingerprint density at radius 3 is 2.83 bits per heavy atom. The van der Waals surface area contributed by atoms with Gasteiger partial charge in [0.05, 0.1) is 12.3 Å². The number of hydrogen-bond acceptors (Lipinski definition) is 5. The summed E-state index contributed by atoms with van der Waals surface area (Å²) in [6, 6.07) is 2.19. The van der Waals surface area contributed by atoms with Crippen LogP contribution in [0.2, 0.25) is 0 Å². The Balaban J connectivity index is 2.21. The normalized spacial score (nSPS) is 13.2. The lowest BCUT2D eigenvalue weighted by molar-refractivity contribution is 0.460. The molecule has 0 bridgehead atoms. The highest BCUT2D eigenvalue weighted by molar-refractivity contribution is 5.21. The van der Waals surface area contributed by atoms with Crippen LogP contribution in [0.25, 0.3) is 0 Å². The SMILES string of the molecule is Cc1occc1C(Cc1ncnn1C(C)C)NN. The van der Waals surface area contributed by atoms with Crippen LogP contribution in [0.5, 0.6) is 0 Å². The van der Waals surface area contributed by atoms with Gasteiger partial charge in [-0.05, 0) is 26.8 Å². The topological polar surface area (TPSA) is 81.9 Å². The monoisotopic (exact) mass is 249 g/mol. The molecule has 0 aromatic carbocycles. The molecule has 0 amide bonds. The van der Waals surface area contributed by atoms with Crippen LogP contribution in [-0.2, 0) is 6.42 Å². The minimum atomic E-state index is -0.0227. The third-order valence-electron chi connectivity index (χ3n) is 3.00. The first-order valence-corrected chi connectivity index (χ1v) is 6.02. The standard InChI is InChI=1S/C12H19N5O/c1-8(2)17-12(14-7-15-17)6-11(16-13)10-4-5-18-9(10)3/h4-5,7-8,11,16H,6,13H2,1-3H3. The van der Waals surface area contributed by atoms with Crippen LogP contribution >= 0.6 is 0 Å². The second-order valence-electron chi connectivity index (χ2n) is 4.57. The zero-order valence-electron chi connectivity index (χ0n) is 10.9. The molecule has 6 nitrogen and oxygen atoms in total. The molecule has 0 radical (unpaired) electrons. The number of hydrazine groups is 1. The summed E-state index contributed by atoms with van der Waals surface area (Å²) in [7, 11) is 0. The van der Waals surface area contributed by atoms with Gasteiger partial charge in [0.2, 0.25) is 0 Å². The summed E-state index contributed by atoms with van der Waals surface area (Å²) < 4.78 is 7.21. The van der Waals surface area contributed by atoms with E-state index in [-0.39, 0.29) is 12.1 Å². The molecular formula is C12H19N5O. The summed E-state index contributed by atoms with van der Waals surface area (Å²) >= 11 is 0. The molecule has 0 fully saturated rings. The first-order valence-electron chi connectivity index (χ1n) is 6.02. The highest BCUT2D eigenvalue weighted by Gasteiger charge is 2.18. The van der Waals surface area contributed by atoms with Crippen molar-refractivity contribution < 1.29 is 4.42 Å². The van der Waals surface area contributed by atoms with E-state index >= 15 is 0 Å². The third-order valence-corrected chi connectivity index (χ3v) is 3.00. The maximum Gasteiger partial charge on any atom is 0.138 e. The molecule has 0 spiro atoms. The number of hydrogen-bond donors (Lipinski definition) is 2. The maximum absolute atomic E-state index is 5.63. The van der Waals surface area contributed by atoms with Crippen LogP contribution in [0, 0.1) is 6.92 Å². The number of aromatic nitrogens is 3. The van der Waals surface area contributed by atoms with Crippen molar-refractivity contribution in [2.75, 3.05) is 0 Å². The summed E-state index contributed by atoms with van der Waals surface area (Å²) in [5.41, 5.74) is 3.86. The summed E-state index contributed by atoms with van der Waals surface area (Å²) in [6.07, 6.45) is 3.92. The van der Waals surface area contributed by atoms with E-state index < -0.39 is 0 Å². The lowest BCUT2D eigenvalue weighted by Crippen LogP contribution is -2.30. The molecule has 1 unspecified atom stereocenters. The van der Waals surface area contributed by atoms with E-state index in [0.29, 0.717) is 6.42 Å². The van der Waals surface area contributed by atoms with Gasteiger partial charge in [0.1, 0.15) is 17.9 Å². The number of aryl methyl sites for hydroxylation is 1. The van der Waals surface area contributed by atoms with Crippen molar-refractivity contribution in [2.24, 2.45) is 5.84 Å². The minimum Gasteiger partial charge on any atom is -0.469 e. The van der Waals surface area contributed by atoms with E-state index in [2.05, 4.69) is 29.4 Å². The third kappa shape index (κ3) is 2.44. The predicted molar refractivity (Wildman–Crippen MR) is 67.6 cm³/mol. The van der Waals surface area contributed by atoms with Crippen LogP contribution in [0.3, 0.4) is 0 Å². The number of furan rings is 1. The van der Waals surface area contributed by atoms with E-state index in [1.165, 1.54) is 0 Å². The van der Waals surface area contributed by atoms with Crippen molar-refractivity contribution in [1.29, 1.82) is 0 Å². The van der Waals surface area contributed by atoms with Crippen LogP contribution in [-0.4, -0.2) is 14.8 Å². The summed E-state index contributed by atoms with van der Waals surface area (Å²) in [4.78, 5) is 4.29. The van der Waals surface area contributed by atoms with Crippen molar-refractivity contribution in [1.82, 2.24) is 20.2 Å². The number of nitrogens with zero attached hydrogens (tertiary/aromatic N) is 3. The van der Waals surface area contributed by atoms with Crippen LogP contribution in [0.1, 0.15) is 43.1 Å². The fourth-order valence-corrected chi connectivity index (χ4v) is 2.05. The largest absolute Gasteiger partial charge is 0.469 e. The molecular weight excluding hydrogens is 230 g/mol. The second-order valence-corrected chi connectivity index (χ2v) is 4.57. The fraction of sp³-hybridized carbons (Fsp3) is 0.500. The van der Waals surface area contributed by atoms with Gasteiger partial charge in [0, 0.05) is 18.0 Å². The molecule has 2 rings (SSSR count). The molecule has 0 aliphatic heterocycles. The quantitative estimate of drug-likeness (QED) is 0.620. The molecule has 3 N–H and O–H groups in total. The van der Waals surface area contributed by atoms with Crippen molar-refractivity contribution in [2.45, 2.75) is 39.3 Å².